The van der Waals surface area contributed by atoms with Gasteiger partial charge in [0, 0.05) is 37.0 Å². The van der Waals surface area contributed by atoms with E-state index in [0.29, 0.717) is 19.7 Å². The minimum absolute atomic E-state index is 0.0148. The van der Waals surface area contributed by atoms with E-state index >= 15 is 0 Å². The van der Waals surface area contributed by atoms with E-state index in [1.54, 1.807) is 0 Å². The monoisotopic (exact) mass is 366 g/mol. The highest BCUT2D eigenvalue weighted by Gasteiger charge is 2.40. The molecule has 2 amide bonds. The van der Waals surface area contributed by atoms with E-state index in [1.165, 1.54) is 0 Å². The van der Waals surface area contributed by atoms with Crippen molar-refractivity contribution < 1.29 is 14.3 Å². The van der Waals surface area contributed by atoms with Crippen molar-refractivity contribution in [1.82, 2.24) is 9.80 Å². The van der Waals surface area contributed by atoms with Gasteiger partial charge in [0.05, 0.1) is 12.7 Å². The summed E-state index contributed by atoms with van der Waals surface area (Å²) in [5.41, 5.74) is -0.721. The van der Waals surface area contributed by atoms with Gasteiger partial charge in [0.25, 0.3) is 0 Å². The first kappa shape index (κ1) is 21.2. The molecule has 0 aromatic carbocycles. The lowest BCUT2D eigenvalue weighted by molar-refractivity contribution is -0.151. The summed E-state index contributed by atoms with van der Waals surface area (Å²) in [6.07, 6.45) is 3.89. The SMILES string of the molecule is CCC(C)(C)C(=O)N1CCOC(CC(C)C(C)(C)C(=O)N2CCCC2)C1. The third-order valence-electron chi connectivity index (χ3n) is 6.68. The topological polar surface area (TPSA) is 49.9 Å². The van der Waals surface area contributed by atoms with E-state index in [1.807, 2.05) is 23.6 Å². The molecule has 2 rings (SSSR count). The molecule has 0 aromatic rings. The third-order valence-corrected chi connectivity index (χ3v) is 6.68. The summed E-state index contributed by atoms with van der Waals surface area (Å²) < 4.78 is 5.96. The first-order valence-corrected chi connectivity index (χ1v) is 10.3. The zero-order chi connectivity index (χ0) is 19.5. The summed E-state index contributed by atoms with van der Waals surface area (Å²) in [7, 11) is 0. The molecule has 2 fully saturated rings. The second kappa shape index (κ2) is 8.28. The molecule has 0 aliphatic carbocycles. The number of hydrogen-bond acceptors (Lipinski definition) is 3. The van der Waals surface area contributed by atoms with Crippen molar-refractivity contribution in [3.8, 4) is 0 Å². The minimum Gasteiger partial charge on any atom is -0.375 e. The predicted octanol–water partition coefficient (Wildman–Crippen LogP) is 3.32. The Bertz CT molecular complexity index is 509. The van der Waals surface area contributed by atoms with Gasteiger partial charge in [-0.15, -0.1) is 0 Å². The number of carbonyl (C=O) groups is 2. The molecular weight excluding hydrogens is 328 g/mol. The maximum Gasteiger partial charge on any atom is 0.228 e. The van der Waals surface area contributed by atoms with E-state index in [0.717, 1.165) is 38.8 Å². The Balaban J connectivity index is 1.96. The van der Waals surface area contributed by atoms with E-state index < -0.39 is 5.41 Å². The molecule has 150 valence electrons. The van der Waals surface area contributed by atoms with Crippen LogP contribution in [0.3, 0.4) is 0 Å². The molecule has 0 aromatic heterocycles. The van der Waals surface area contributed by atoms with Gasteiger partial charge in [-0.05, 0) is 31.6 Å². The van der Waals surface area contributed by atoms with Crippen LogP contribution in [0.2, 0.25) is 0 Å². The van der Waals surface area contributed by atoms with Crippen LogP contribution in [-0.4, -0.2) is 60.5 Å². The van der Waals surface area contributed by atoms with E-state index in [-0.39, 0.29) is 29.3 Å². The second-order valence-electron chi connectivity index (χ2n) is 9.34. The molecule has 2 heterocycles. The molecular formula is C21H38N2O3. The normalized spacial score (nSPS) is 23.2. The molecule has 0 bridgehead atoms. The Hall–Kier alpha value is -1.10. The van der Waals surface area contributed by atoms with Crippen LogP contribution >= 0.6 is 0 Å². The fourth-order valence-electron chi connectivity index (χ4n) is 3.85. The summed E-state index contributed by atoms with van der Waals surface area (Å²) in [5.74, 6) is 0.682. The fourth-order valence-corrected chi connectivity index (χ4v) is 3.85. The largest absolute Gasteiger partial charge is 0.375 e. The van der Waals surface area contributed by atoms with Gasteiger partial charge in [0.15, 0.2) is 0 Å². The Morgan fingerprint density at radius 1 is 1.04 bits per heavy atom. The maximum absolute atomic E-state index is 12.9. The second-order valence-corrected chi connectivity index (χ2v) is 9.34. The first-order chi connectivity index (χ1) is 12.1. The quantitative estimate of drug-likeness (QED) is 0.724. The van der Waals surface area contributed by atoms with Crippen molar-refractivity contribution in [2.45, 2.75) is 73.3 Å². The number of nitrogens with zero attached hydrogens (tertiary/aromatic N) is 2. The number of carbonyl (C=O) groups excluding carboxylic acids is 2. The standard InChI is InChI=1S/C21H38N2O3/c1-7-20(3,4)18(24)23-12-13-26-17(15-23)14-16(2)21(5,6)19(25)22-10-8-9-11-22/h16-17H,7-15H2,1-6H3. The van der Waals surface area contributed by atoms with Crippen molar-refractivity contribution in [3.63, 3.8) is 0 Å². The highest BCUT2D eigenvalue weighted by Crippen LogP contribution is 2.35. The number of likely N-dealkylation sites (tertiary alicyclic amines) is 1. The van der Waals surface area contributed by atoms with Gasteiger partial charge in [-0.2, -0.15) is 0 Å². The molecule has 5 nitrogen and oxygen atoms in total. The van der Waals surface area contributed by atoms with E-state index in [4.69, 9.17) is 4.74 Å². The van der Waals surface area contributed by atoms with Gasteiger partial charge >= 0.3 is 0 Å². The smallest absolute Gasteiger partial charge is 0.228 e. The van der Waals surface area contributed by atoms with Crippen LogP contribution in [0.25, 0.3) is 0 Å². The number of ether oxygens (including phenoxy) is 1. The first-order valence-electron chi connectivity index (χ1n) is 10.3. The molecule has 2 aliphatic rings. The third kappa shape index (κ3) is 4.59. The van der Waals surface area contributed by atoms with Crippen molar-refractivity contribution in [2.75, 3.05) is 32.8 Å². The zero-order valence-corrected chi connectivity index (χ0v) is 17.6. The van der Waals surface area contributed by atoms with Gasteiger partial charge in [0.2, 0.25) is 11.8 Å². The molecule has 2 aliphatic heterocycles. The van der Waals surface area contributed by atoms with Crippen LogP contribution in [0, 0.1) is 16.7 Å². The molecule has 2 unspecified atom stereocenters. The lowest BCUT2D eigenvalue weighted by Crippen LogP contribution is -2.51. The highest BCUT2D eigenvalue weighted by molar-refractivity contribution is 5.83. The van der Waals surface area contributed by atoms with Crippen molar-refractivity contribution in [2.24, 2.45) is 16.7 Å². The summed E-state index contributed by atoms with van der Waals surface area (Å²) in [6.45, 7) is 16.0. The van der Waals surface area contributed by atoms with E-state index in [9.17, 15) is 9.59 Å². The Kier molecular flexibility index (Phi) is 6.75. The number of hydrogen-bond donors (Lipinski definition) is 0. The van der Waals surface area contributed by atoms with Gasteiger partial charge < -0.3 is 14.5 Å². The number of rotatable bonds is 6. The summed E-state index contributed by atoms with van der Waals surface area (Å²) in [6, 6.07) is 0. The molecule has 0 N–H and O–H groups in total. The van der Waals surface area contributed by atoms with Gasteiger partial charge in [-0.1, -0.05) is 41.5 Å². The molecule has 0 spiro atoms. The van der Waals surface area contributed by atoms with Crippen LogP contribution in [0.4, 0.5) is 0 Å². The predicted molar refractivity (Wildman–Crippen MR) is 104 cm³/mol. The van der Waals surface area contributed by atoms with E-state index in [2.05, 4.69) is 27.7 Å². The highest BCUT2D eigenvalue weighted by atomic mass is 16.5. The van der Waals surface area contributed by atoms with Crippen molar-refractivity contribution >= 4 is 11.8 Å². The zero-order valence-electron chi connectivity index (χ0n) is 17.6. The molecule has 5 heteroatoms. The Morgan fingerprint density at radius 2 is 1.65 bits per heavy atom. The molecule has 0 saturated carbocycles. The lowest BCUT2D eigenvalue weighted by Gasteiger charge is -2.40. The van der Waals surface area contributed by atoms with Crippen LogP contribution in [-0.2, 0) is 14.3 Å². The molecule has 26 heavy (non-hydrogen) atoms. The van der Waals surface area contributed by atoms with Gasteiger partial charge in [-0.25, -0.2) is 0 Å². The number of amides is 2. The summed E-state index contributed by atoms with van der Waals surface area (Å²) in [5, 5.41) is 0. The molecule has 2 saturated heterocycles. The fraction of sp³-hybridized carbons (Fsp3) is 0.905. The Labute approximate surface area is 159 Å². The van der Waals surface area contributed by atoms with Crippen LogP contribution < -0.4 is 0 Å². The summed E-state index contributed by atoms with van der Waals surface area (Å²) in [4.78, 5) is 29.7. The Morgan fingerprint density at radius 3 is 2.23 bits per heavy atom. The summed E-state index contributed by atoms with van der Waals surface area (Å²) >= 11 is 0. The number of morpholine rings is 1. The van der Waals surface area contributed by atoms with Crippen molar-refractivity contribution in [3.05, 3.63) is 0 Å². The van der Waals surface area contributed by atoms with Gasteiger partial charge in [0.1, 0.15) is 0 Å². The van der Waals surface area contributed by atoms with Crippen LogP contribution in [0.1, 0.15) is 67.2 Å². The average Bonchev–Trinajstić information content (AvgIpc) is 3.14. The van der Waals surface area contributed by atoms with Crippen molar-refractivity contribution in [1.29, 1.82) is 0 Å². The van der Waals surface area contributed by atoms with Gasteiger partial charge in [-0.3, -0.25) is 9.59 Å². The van der Waals surface area contributed by atoms with Crippen LogP contribution in [0.15, 0.2) is 0 Å². The minimum atomic E-state index is -0.400. The molecule has 2 atom stereocenters. The molecule has 0 radical (unpaired) electrons. The average molecular weight is 367 g/mol. The van der Waals surface area contributed by atoms with Crippen LogP contribution in [0.5, 0.6) is 0 Å². The lowest BCUT2D eigenvalue weighted by atomic mass is 9.75. The maximum atomic E-state index is 12.9.